The summed E-state index contributed by atoms with van der Waals surface area (Å²) in [5, 5.41) is 0.855. The average Bonchev–Trinajstić information content (AvgIpc) is 2.26. The summed E-state index contributed by atoms with van der Waals surface area (Å²) in [5.74, 6) is 0.703. The maximum atomic E-state index is 5.88. The molecule has 1 atom stereocenters. The molecular formula is C14H21BrO. The van der Waals surface area contributed by atoms with E-state index in [1.54, 1.807) is 0 Å². The van der Waals surface area contributed by atoms with E-state index < -0.39 is 0 Å². The molecule has 0 fully saturated rings. The summed E-state index contributed by atoms with van der Waals surface area (Å²) >= 11 is 3.51. The summed E-state index contributed by atoms with van der Waals surface area (Å²) in [6.45, 7) is 7.38. The molecule has 0 heterocycles. The van der Waals surface area contributed by atoms with Crippen molar-refractivity contribution in [3.8, 4) is 0 Å². The molecule has 1 unspecified atom stereocenters. The number of aryl methyl sites for hydroxylation is 1. The summed E-state index contributed by atoms with van der Waals surface area (Å²) in [7, 11) is 0. The minimum absolute atomic E-state index is 0.180. The summed E-state index contributed by atoms with van der Waals surface area (Å²) in [5.41, 5.74) is 2.55. The SMILES string of the molecule is Cc1ccc(C(CBr)OCCC(C)C)cc1. The number of ether oxygens (including phenoxy) is 1. The normalized spacial score (nSPS) is 13.1. The van der Waals surface area contributed by atoms with Gasteiger partial charge in [0.05, 0.1) is 6.10 Å². The lowest BCUT2D eigenvalue weighted by Crippen LogP contribution is -2.08. The minimum atomic E-state index is 0.180. The van der Waals surface area contributed by atoms with Crippen LogP contribution in [0.15, 0.2) is 24.3 Å². The lowest BCUT2D eigenvalue weighted by atomic mass is 10.1. The van der Waals surface area contributed by atoms with Gasteiger partial charge in [0.15, 0.2) is 0 Å². The minimum Gasteiger partial charge on any atom is -0.373 e. The maximum absolute atomic E-state index is 5.88. The molecule has 0 amide bonds. The molecule has 1 aromatic carbocycles. The standard InChI is InChI=1S/C14H21BrO/c1-11(2)8-9-16-14(10-15)13-6-4-12(3)5-7-13/h4-7,11,14H,8-10H2,1-3H3. The largest absolute Gasteiger partial charge is 0.373 e. The van der Waals surface area contributed by atoms with E-state index in [-0.39, 0.29) is 6.10 Å². The fourth-order valence-corrected chi connectivity index (χ4v) is 2.02. The van der Waals surface area contributed by atoms with Gasteiger partial charge in [-0.2, -0.15) is 0 Å². The highest BCUT2D eigenvalue weighted by molar-refractivity contribution is 9.09. The third-order valence-electron chi connectivity index (χ3n) is 2.60. The molecule has 90 valence electrons. The number of alkyl halides is 1. The van der Waals surface area contributed by atoms with Crippen molar-refractivity contribution < 1.29 is 4.74 Å². The van der Waals surface area contributed by atoms with E-state index >= 15 is 0 Å². The molecule has 1 aromatic rings. The molecule has 0 N–H and O–H groups in total. The molecule has 1 rings (SSSR count). The van der Waals surface area contributed by atoms with Gasteiger partial charge in [-0.1, -0.05) is 59.6 Å². The van der Waals surface area contributed by atoms with Crippen molar-refractivity contribution in [2.24, 2.45) is 5.92 Å². The highest BCUT2D eigenvalue weighted by atomic mass is 79.9. The topological polar surface area (TPSA) is 9.23 Å². The van der Waals surface area contributed by atoms with Crippen molar-refractivity contribution in [2.75, 3.05) is 11.9 Å². The third kappa shape index (κ3) is 4.67. The third-order valence-corrected chi connectivity index (χ3v) is 3.19. The molecule has 0 radical (unpaired) electrons. The van der Waals surface area contributed by atoms with Crippen LogP contribution in [0, 0.1) is 12.8 Å². The summed E-state index contributed by atoms with van der Waals surface area (Å²) in [6.07, 6.45) is 1.30. The Morgan fingerprint density at radius 3 is 2.31 bits per heavy atom. The molecule has 1 nitrogen and oxygen atoms in total. The van der Waals surface area contributed by atoms with Crippen molar-refractivity contribution in [2.45, 2.75) is 33.3 Å². The molecule has 0 aliphatic heterocycles. The Hall–Kier alpha value is -0.340. The number of halogens is 1. The number of hydrogen-bond acceptors (Lipinski definition) is 1. The van der Waals surface area contributed by atoms with Crippen molar-refractivity contribution >= 4 is 15.9 Å². The predicted molar refractivity (Wildman–Crippen MR) is 73.1 cm³/mol. The zero-order valence-corrected chi connectivity index (χ0v) is 12.0. The first-order valence-corrected chi connectivity index (χ1v) is 6.99. The zero-order chi connectivity index (χ0) is 12.0. The van der Waals surface area contributed by atoms with Crippen LogP contribution in [0.5, 0.6) is 0 Å². The first-order chi connectivity index (χ1) is 7.63. The Kier molecular flexibility index (Phi) is 6.07. The highest BCUT2D eigenvalue weighted by Crippen LogP contribution is 2.21. The molecule has 16 heavy (non-hydrogen) atoms. The molecule has 2 heteroatoms. The van der Waals surface area contributed by atoms with E-state index in [2.05, 4.69) is 61.0 Å². The lowest BCUT2D eigenvalue weighted by molar-refractivity contribution is 0.0622. The Morgan fingerprint density at radius 1 is 1.19 bits per heavy atom. The molecule has 0 aliphatic carbocycles. The predicted octanol–water partition coefficient (Wildman–Crippen LogP) is 4.49. The van der Waals surface area contributed by atoms with Crippen LogP contribution in [-0.4, -0.2) is 11.9 Å². The van der Waals surface area contributed by atoms with Gasteiger partial charge in [0.25, 0.3) is 0 Å². The number of rotatable bonds is 6. The number of hydrogen-bond donors (Lipinski definition) is 0. The van der Waals surface area contributed by atoms with E-state index in [9.17, 15) is 0 Å². The van der Waals surface area contributed by atoms with Gasteiger partial charge in [0.1, 0.15) is 0 Å². The van der Waals surface area contributed by atoms with Crippen LogP contribution in [0.1, 0.15) is 37.5 Å². The Labute approximate surface area is 107 Å². The monoisotopic (exact) mass is 284 g/mol. The van der Waals surface area contributed by atoms with E-state index in [0.29, 0.717) is 5.92 Å². The van der Waals surface area contributed by atoms with Gasteiger partial charge in [-0.15, -0.1) is 0 Å². The molecule has 0 aliphatic rings. The van der Waals surface area contributed by atoms with Crippen LogP contribution in [-0.2, 0) is 4.74 Å². The highest BCUT2D eigenvalue weighted by Gasteiger charge is 2.10. The van der Waals surface area contributed by atoms with Crippen molar-refractivity contribution in [3.05, 3.63) is 35.4 Å². The van der Waals surface area contributed by atoms with Gasteiger partial charge < -0.3 is 4.74 Å². The molecule has 0 aromatic heterocycles. The van der Waals surface area contributed by atoms with Crippen LogP contribution in [0.2, 0.25) is 0 Å². The van der Waals surface area contributed by atoms with E-state index in [1.165, 1.54) is 11.1 Å². The van der Waals surface area contributed by atoms with Gasteiger partial charge in [-0.05, 0) is 24.8 Å². The maximum Gasteiger partial charge on any atom is 0.0921 e. The van der Waals surface area contributed by atoms with Crippen molar-refractivity contribution in [3.63, 3.8) is 0 Å². The average molecular weight is 285 g/mol. The molecule has 0 saturated carbocycles. The fourth-order valence-electron chi connectivity index (χ4n) is 1.46. The summed E-state index contributed by atoms with van der Waals surface area (Å²) in [4.78, 5) is 0. The van der Waals surface area contributed by atoms with E-state index in [4.69, 9.17) is 4.74 Å². The van der Waals surface area contributed by atoms with E-state index in [0.717, 1.165) is 18.4 Å². The van der Waals surface area contributed by atoms with Gasteiger partial charge >= 0.3 is 0 Å². The second kappa shape index (κ2) is 7.08. The zero-order valence-electron chi connectivity index (χ0n) is 10.4. The van der Waals surface area contributed by atoms with Crippen molar-refractivity contribution in [1.29, 1.82) is 0 Å². The first kappa shape index (κ1) is 13.7. The smallest absolute Gasteiger partial charge is 0.0921 e. The fraction of sp³-hybridized carbons (Fsp3) is 0.571. The lowest BCUT2D eigenvalue weighted by Gasteiger charge is -2.16. The Morgan fingerprint density at radius 2 is 1.81 bits per heavy atom. The second-order valence-corrected chi connectivity index (χ2v) is 5.25. The summed E-state index contributed by atoms with van der Waals surface area (Å²) < 4.78 is 5.88. The van der Waals surface area contributed by atoms with Crippen LogP contribution in [0.25, 0.3) is 0 Å². The van der Waals surface area contributed by atoms with E-state index in [1.807, 2.05) is 0 Å². The molecule has 0 bridgehead atoms. The van der Waals surface area contributed by atoms with Crippen LogP contribution in [0.4, 0.5) is 0 Å². The molecule has 0 saturated heterocycles. The van der Waals surface area contributed by atoms with Gasteiger partial charge in [-0.3, -0.25) is 0 Å². The summed E-state index contributed by atoms with van der Waals surface area (Å²) in [6, 6.07) is 8.57. The Balaban J connectivity index is 2.50. The van der Waals surface area contributed by atoms with Crippen LogP contribution in [0.3, 0.4) is 0 Å². The van der Waals surface area contributed by atoms with Gasteiger partial charge in [0.2, 0.25) is 0 Å². The second-order valence-electron chi connectivity index (χ2n) is 4.61. The number of benzene rings is 1. The molecule has 0 spiro atoms. The van der Waals surface area contributed by atoms with Gasteiger partial charge in [0, 0.05) is 11.9 Å². The van der Waals surface area contributed by atoms with Gasteiger partial charge in [-0.25, -0.2) is 0 Å². The van der Waals surface area contributed by atoms with Crippen LogP contribution >= 0.6 is 15.9 Å². The first-order valence-electron chi connectivity index (χ1n) is 5.87. The van der Waals surface area contributed by atoms with Crippen molar-refractivity contribution in [1.82, 2.24) is 0 Å². The van der Waals surface area contributed by atoms with Crippen LogP contribution < -0.4 is 0 Å². The quantitative estimate of drug-likeness (QED) is 0.699. The Bertz CT molecular complexity index is 292. The molecular weight excluding hydrogens is 264 g/mol.